The summed E-state index contributed by atoms with van der Waals surface area (Å²) >= 11 is 1.28. The van der Waals surface area contributed by atoms with Crippen molar-refractivity contribution in [1.82, 2.24) is 10.6 Å². The van der Waals surface area contributed by atoms with Gasteiger partial charge in [-0.25, -0.2) is 8.78 Å². The van der Waals surface area contributed by atoms with Crippen molar-refractivity contribution in [2.24, 2.45) is 0 Å². The van der Waals surface area contributed by atoms with Crippen molar-refractivity contribution in [3.05, 3.63) is 87.8 Å². The molecular weight excluding hydrogens is 434 g/mol. The minimum atomic E-state index is -0.634. The zero-order chi connectivity index (χ0) is 23.5. The maximum absolute atomic E-state index is 12.2. The van der Waals surface area contributed by atoms with Crippen LogP contribution in [0, 0.1) is 25.5 Å². The molecule has 1 amide bonds. The molecule has 32 heavy (non-hydrogen) atoms. The van der Waals surface area contributed by atoms with Gasteiger partial charge in [-0.3, -0.25) is 4.79 Å². The zero-order valence-electron chi connectivity index (χ0n) is 18.3. The monoisotopic (exact) mass is 462 g/mol. The van der Waals surface area contributed by atoms with Crippen molar-refractivity contribution in [3.8, 4) is 5.06 Å². The molecule has 0 radical (unpaired) electrons. The number of carbonyl (C=O) groups is 1. The maximum atomic E-state index is 12.2. The highest BCUT2D eigenvalue weighted by Crippen LogP contribution is 2.23. The van der Waals surface area contributed by atoms with Crippen LogP contribution in [0.25, 0.3) is 0 Å². The van der Waals surface area contributed by atoms with Crippen LogP contribution < -0.4 is 15.4 Å². The van der Waals surface area contributed by atoms with Crippen molar-refractivity contribution in [1.29, 1.82) is 0 Å². The lowest BCUT2D eigenvalue weighted by atomic mass is 10.1. The number of halogens is 2. The predicted molar refractivity (Wildman–Crippen MR) is 123 cm³/mol. The lowest BCUT2D eigenvalue weighted by molar-refractivity contribution is 0.0919. The number of hydrogen-bond acceptors (Lipinski definition) is 5. The lowest BCUT2D eigenvalue weighted by Crippen LogP contribution is -2.37. The molecule has 5 nitrogen and oxygen atoms in total. The van der Waals surface area contributed by atoms with Crippen LogP contribution in [0.5, 0.6) is 5.06 Å². The summed E-state index contributed by atoms with van der Waals surface area (Å²) in [5.74, 6) is -1.24. The number of benzene rings is 2. The molecule has 0 aliphatic rings. The Labute approximate surface area is 191 Å². The molecule has 0 aliphatic heterocycles. The van der Waals surface area contributed by atoms with Crippen LogP contribution in [-0.2, 0) is 6.54 Å². The Bertz CT molecular complexity index is 960. The van der Waals surface area contributed by atoms with Gasteiger partial charge in [0.1, 0.15) is 11.6 Å². The normalized spacial score (nSPS) is 11.3. The van der Waals surface area contributed by atoms with Crippen molar-refractivity contribution in [2.45, 2.75) is 26.5 Å². The second kappa shape index (κ2) is 12.9. The molecule has 1 atom stereocenters. The van der Waals surface area contributed by atoms with Crippen molar-refractivity contribution < 1.29 is 23.4 Å². The van der Waals surface area contributed by atoms with E-state index >= 15 is 0 Å². The minimum absolute atomic E-state index is 0.198. The smallest absolute Gasteiger partial charge is 0.261 e. The molecule has 1 aromatic heterocycles. The fraction of sp³-hybridized carbons (Fsp3) is 0.292. The van der Waals surface area contributed by atoms with Gasteiger partial charge < -0.3 is 20.5 Å². The first-order valence-electron chi connectivity index (χ1n) is 10.1. The molecule has 0 fully saturated rings. The van der Waals surface area contributed by atoms with Crippen LogP contribution in [0.3, 0.4) is 0 Å². The predicted octanol–water partition coefficient (Wildman–Crippen LogP) is 4.22. The molecule has 0 aliphatic carbocycles. The van der Waals surface area contributed by atoms with Crippen LogP contribution in [0.4, 0.5) is 8.78 Å². The molecule has 3 rings (SSSR count). The van der Waals surface area contributed by atoms with Gasteiger partial charge in [0.15, 0.2) is 5.06 Å². The Kier molecular flexibility index (Phi) is 10.3. The molecule has 3 N–H and O–H groups in total. The van der Waals surface area contributed by atoms with Gasteiger partial charge in [-0.1, -0.05) is 41.2 Å². The highest BCUT2D eigenvalue weighted by Gasteiger charge is 2.11. The number of aliphatic hydroxyl groups is 1. The Morgan fingerprint density at radius 2 is 1.75 bits per heavy atom. The van der Waals surface area contributed by atoms with Gasteiger partial charge in [-0.15, -0.1) is 0 Å². The van der Waals surface area contributed by atoms with E-state index in [4.69, 9.17) is 4.74 Å². The van der Waals surface area contributed by atoms with Gasteiger partial charge in [0.05, 0.1) is 18.1 Å². The molecule has 0 saturated heterocycles. The van der Waals surface area contributed by atoms with Gasteiger partial charge in [0.2, 0.25) is 0 Å². The molecular formula is C24H28F2N2O3S. The third-order valence-electron chi connectivity index (χ3n) is 4.30. The van der Waals surface area contributed by atoms with Crippen LogP contribution in [-0.4, -0.2) is 37.3 Å². The van der Waals surface area contributed by atoms with Gasteiger partial charge in [0.25, 0.3) is 5.91 Å². The van der Waals surface area contributed by atoms with Gasteiger partial charge in [0, 0.05) is 25.7 Å². The molecule has 2 aromatic carbocycles. The standard InChI is InChI=1S/C17H22N2O3S.C7H6F2/c1-12-4-3-5-13(8-12)9-18-10-14(20)11-19-17(21)15-6-7-16(22-2)23-15;1-5-2-6(8)4-7(9)3-5/h3-8,14,18,20H,9-11H2,1-2H3,(H,19,21);2-4H,1H3. The Balaban J connectivity index is 0.000000336. The third-order valence-corrected chi connectivity index (χ3v) is 5.35. The Morgan fingerprint density at radius 1 is 1.03 bits per heavy atom. The summed E-state index contributed by atoms with van der Waals surface area (Å²) in [5.41, 5.74) is 2.99. The Hall–Kier alpha value is -2.81. The lowest BCUT2D eigenvalue weighted by Gasteiger charge is -2.13. The second-order valence-electron chi connectivity index (χ2n) is 7.25. The minimum Gasteiger partial charge on any atom is -0.487 e. The van der Waals surface area contributed by atoms with E-state index in [1.165, 1.54) is 34.6 Å². The highest BCUT2D eigenvalue weighted by atomic mass is 32.1. The van der Waals surface area contributed by atoms with E-state index in [1.807, 2.05) is 25.1 Å². The van der Waals surface area contributed by atoms with Crippen molar-refractivity contribution in [2.75, 3.05) is 20.2 Å². The number of methoxy groups -OCH3 is 1. The second-order valence-corrected chi connectivity index (χ2v) is 8.30. The molecule has 172 valence electrons. The van der Waals surface area contributed by atoms with E-state index in [1.54, 1.807) is 26.2 Å². The van der Waals surface area contributed by atoms with Crippen molar-refractivity contribution >= 4 is 17.2 Å². The summed E-state index contributed by atoms with van der Waals surface area (Å²) in [7, 11) is 1.57. The Morgan fingerprint density at radius 3 is 2.34 bits per heavy atom. The van der Waals surface area contributed by atoms with E-state index in [0.29, 0.717) is 28.6 Å². The summed E-state index contributed by atoms with van der Waals surface area (Å²) in [6.45, 7) is 5.01. The average Bonchev–Trinajstić information content (AvgIpc) is 3.21. The first kappa shape index (κ1) is 25.5. The van der Waals surface area contributed by atoms with E-state index in [9.17, 15) is 18.7 Å². The molecule has 0 bridgehead atoms. The number of ether oxygens (including phenoxy) is 1. The van der Waals surface area contributed by atoms with E-state index in [-0.39, 0.29) is 12.5 Å². The van der Waals surface area contributed by atoms with Gasteiger partial charge in [-0.05, 0) is 49.2 Å². The molecule has 8 heteroatoms. The summed E-state index contributed by atoms with van der Waals surface area (Å²) in [4.78, 5) is 12.5. The van der Waals surface area contributed by atoms with E-state index in [0.717, 1.165) is 6.07 Å². The van der Waals surface area contributed by atoms with Crippen LogP contribution >= 0.6 is 11.3 Å². The highest BCUT2D eigenvalue weighted by molar-refractivity contribution is 7.15. The summed E-state index contributed by atoms with van der Waals surface area (Å²) in [6.07, 6.45) is -0.634. The van der Waals surface area contributed by atoms with Gasteiger partial charge in [-0.2, -0.15) is 0 Å². The van der Waals surface area contributed by atoms with Gasteiger partial charge >= 0.3 is 0 Å². The number of amides is 1. The number of thiophene rings is 1. The number of aliphatic hydroxyl groups excluding tert-OH is 1. The number of rotatable bonds is 8. The summed E-state index contributed by atoms with van der Waals surface area (Å²) in [6, 6.07) is 15.1. The van der Waals surface area contributed by atoms with Crippen LogP contribution in [0.15, 0.2) is 54.6 Å². The quantitative estimate of drug-likeness (QED) is 0.469. The number of aryl methyl sites for hydroxylation is 2. The number of hydrogen-bond donors (Lipinski definition) is 3. The SMILES string of the molecule is COc1ccc(C(=O)NCC(O)CNCc2cccc(C)c2)s1.Cc1cc(F)cc(F)c1. The number of nitrogens with one attached hydrogen (secondary N) is 2. The average molecular weight is 463 g/mol. The fourth-order valence-corrected chi connectivity index (χ4v) is 3.56. The molecule has 1 unspecified atom stereocenters. The summed E-state index contributed by atoms with van der Waals surface area (Å²) < 4.78 is 29.4. The molecule has 0 spiro atoms. The molecule has 1 heterocycles. The largest absolute Gasteiger partial charge is 0.487 e. The zero-order valence-corrected chi connectivity index (χ0v) is 19.1. The first-order chi connectivity index (χ1) is 15.3. The molecule has 0 saturated carbocycles. The van der Waals surface area contributed by atoms with Crippen LogP contribution in [0.2, 0.25) is 0 Å². The third kappa shape index (κ3) is 9.13. The fourth-order valence-electron chi connectivity index (χ4n) is 2.82. The van der Waals surface area contributed by atoms with Crippen LogP contribution in [0.1, 0.15) is 26.4 Å². The molecule has 3 aromatic rings. The van der Waals surface area contributed by atoms with E-state index in [2.05, 4.69) is 16.7 Å². The first-order valence-corrected chi connectivity index (χ1v) is 10.9. The van der Waals surface area contributed by atoms with E-state index < -0.39 is 17.7 Å². The number of carbonyl (C=O) groups excluding carboxylic acids is 1. The van der Waals surface area contributed by atoms with Crippen molar-refractivity contribution in [3.63, 3.8) is 0 Å². The topological polar surface area (TPSA) is 70.6 Å². The maximum Gasteiger partial charge on any atom is 0.261 e. The summed E-state index contributed by atoms with van der Waals surface area (Å²) in [5, 5.41) is 16.5.